The topological polar surface area (TPSA) is 58.6 Å². The first kappa shape index (κ1) is 13.0. The Kier molecular flexibility index (Phi) is 5.25. The predicted octanol–water partition coefficient (Wildman–Crippen LogP) is 0.00750. The van der Waals surface area contributed by atoms with Gasteiger partial charge in [-0.05, 0) is 26.8 Å². The molecule has 5 heteroatoms. The molecule has 0 aliphatic carbocycles. The number of nitrogens with zero attached hydrogens (tertiary/aromatic N) is 1. The molecule has 1 amide bonds. The van der Waals surface area contributed by atoms with E-state index in [0.29, 0.717) is 19.7 Å². The number of carbonyl (C=O) groups excluding carboxylic acids is 2. The first-order chi connectivity index (χ1) is 7.69. The van der Waals surface area contributed by atoms with E-state index < -0.39 is 0 Å². The zero-order valence-electron chi connectivity index (χ0n) is 9.99. The van der Waals surface area contributed by atoms with Crippen molar-refractivity contribution in [3.63, 3.8) is 0 Å². The molecular weight excluding hydrogens is 208 g/mol. The molecule has 1 rings (SSSR count). The molecule has 1 aliphatic rings. The molecule has 1 fully saturated rings. The number of piperidine rings is 1. The number of likely N-dealkylation sites (N-methyl/N-ethyl adjacent to an activating group) is 1. The van der Waals surface area contributed by atoms with E-state index in [0.717, 1.165) is 19.4 Å². The van der Waals surface area contributed by atoms with Crippen LogP contribution in [0.15, 0.2) is 0 Å². The van der Waals surface area contributed by atoms with Gasteiger partial charge >= 0.3 is 5.97 Å². The number of rotatable bonds is 4. The molecule has 92 valence electrons. The molecule has 0 bridgehead atoms. The minimum Gasteiger partial charge on any atom is -0.466 e. The normalized spacial score (nSPS) is 20.6. The average molecular weight is 228 g/mol. The van der Waals surface area contributed by atoms with Crippen LogP contribution in [0, 0.1) is 5.92 Å². The second kappa shape index (κ2) is 6.48. The fourth-order valence-electron chi connectivity index (χ4n) is 1.92. The third-order valence-corrected chi connectivity index (χ3v) is 2.72. The Labute approximate surface area is 96.1 Å². The van der Waals surface area contributed by atoms with Crippen LogP contribution in [0.4, 0.5) is 0 Å². The van der Waals surface area contributed by atoms with E-state index in [2.05, 4.69) is 5.32 Å². The standard InChI is InChI=1S/C11H20N2O3/c1-3-16-11(15)9-5-4-6-13(8-9)10(14)7-12-2/h9,12H,3-8H2,1-2H3/t9-/m0/s1. The maximum Gasteiger partial charge on any atom is 0.310 e. The van der Waals surface area contributed by atoms with Crippen molar-refractivity contribution in [2.24, 2.45) is 5.92 Å². The summed E-state index contributed by atoms with van der Waals surface area (Å²) in [6, 6.07) is 0. The van der Waals surface area contributed by atoms with Crippen LogP contribution in [0.25, 0.3) is 0 Å². The van der Waals surface area contributed by atoms with E-state index in [1.54, 1.807) is 18.9 Å². The van der Waals surface area contributed by atoms with Gasteiger partial charge < -0.3 is 15.0 Å². The third kappa shape index (κ3) is 3.48. The van der Waals surface area contributed by atoms with E-state index in [1.165, 1.54) is 0 Å². The van der Waals surface area contributed by atoms with Crippen molar-refractivity contribution in [1.29, 1.82) is 0 Å². The zero-order valence-corrected chi connectivity index (χ0v) is 9.99. The van der Waals surface area contributed by atoms with Crippen molar-refractivity contribution in [2.45, 2.75) is 19.8 Å². The monoisotopic (exact) mass is 228 g/mol. The zero-order chi connectivity index (χ0) is 12.0. The molecule has 1 atom stereocenters. The number of ether oxygens (including phenoxy) is 1. The summed E-state index contributed by atoms with van der Waals surface area (Å²) in [6.45, 7) is 3.77. The van der Waals surface area contributed by atoms with Gasteiger partial charge in [-0.1, -0.05) is 0 Å². The Hall–Kier alpha value is -1.10. The quantitative estimate of drug-likeness (QED) is 0.688. The van der Waals surface area contributed by atoms with E-state index in [1.807, 2.05) is 0 Å². The van der Waals surface area contributed by atoms with E-state index in [4.69, 9.17) is 4.74 Å². The van der Waals surface area contributed by atoms with Gasteiger partial charge in [-0.15, -0.1) is 0 Å². The average Bonchev–Trinajstić information content (AvgIpc) is 2.30. The molecule has 0 aromatic rings. The van der Waals surface area contributed by atoms with E-state index >= 15 is 0 Å². The maximum atomic E-state index is 11.6. The molecular formula is C11H20N2O3. The molecule has 0 saturated carbocycles. The molecule has 0 unspecified atom stereocenters. The number of hydrogen-bond acceptors (Lipinski definition) is 4. The summed E-state index contributed by atoms with van der Waals surface area (Å²) in [5.41, 5.74) is 0. The fraction of sp³-hybridized carbons (Fsp3) is 0.818. The summed E-state index contributed by atoms with van der Waals surface area (Å²) in [5.74, 6) is -0.268. The van der Waals surface area contributed by atoms with Crippen LogP contribution < -0.4 is 5.32 Å². The third-order valence-electron chi connectivity index (χ3n) is 2.72. The summed E-state index contributed by atoms with van der Waals surface area (Å²) >= 11 is 0. The Bertz CT molecular complexity index is 232. The van der Waals surface area contributed by atoms with Gasteiger partial charge in [-0.3, -0.25) is 9.59 Å². The molecule has 0 aromatic carbocycles. The van der Waals surface area contributed by atoms with Crippen LogP contribution in [-0.4, -0.2) is 50.1 Å². The van der Waals surface area contributed by atoms with Gasteiger partial charge in [-0.2, -0.15) is 0 Å². The van der Waals surface area contributed by atoms with Gasteiger partial charge in [0, 0.05) is 13.1 Å². The summed E-state index contributed by atoms with van der Waals surface area (Å²) in [4.78, 5) is 24.9. The Morgan fingerprint density at radius 2 is 2.25 bits per heavy atom. The van der Waals surface area contributed by atoms with Gasteiger partial charge in [0.2, 0.25) is 5.91 Å². The molecule has 0 spiro atoms. The maximum absolute atomic E-state index is 11.6. The van der Waals surface area contributed by atoms with Gasteiger partial charge in [0.15, 0.2) is 0 Å². The Balaban J connectivity index is 2.46. The highest BCUT2D eigenvalue weighted by atomic mass is 16.5. The van der Waals surface area contributed by atoms with Crippen molar-refractivity contribution in [1.82, 2.24) is 10.2 Å². The molecule has 1 N–H and O–H groups in total. The van der Waals surface area contributed by atoms with Crippen LogP contribution in [0.1, 0.15) is 19.8 Å². The lowest BCUT2D eigenvalue weighted by Crippen LogP contribution is -2.45. The summed E-state index contributed by atoms with van der Waals surface area (Å²) in [7, 11) is 1.74. The minimum absolute atomic E-state index is 0.0523. The molecule has 0 aromatic heterocycles. The lowest BCUT2D eigenvalue weighted by Gasteiger charge is -2.31. The van der Waals surface area contributed by atoms with Crippen molar-refractivity contribution in [3.8, 4) is 0 Å². The van der Waals surface area contributed by atoms with Gasteiger partial charge in [0.25, 0.3) is 0 Å². The van der Waals surface area contributed by atoms with E-state index in [9.17, 15) is 9.59 Å². The van der Waals surface area contributed by atoms with Gasteiger partial charge in [0.1, 0.15) is 0 Å². The number of likely N-dealkylation sites (tertiary alicyclic amines) is 1. The number of nitrogens with one attached hydrogen (secondary N) is 1. The summed E-state index contributed by atoms with van der Waals surface area (Å²) in [5, 5.41) is 2.83. The highest BCUT2D eigenvalue weighted by Gasteiger charge is 2.28. The predicted molar refractivity (Wildman–Crippen MR) is 59.9 cm³/mol. The van der Waals surface area contributed by atoms with Crippen molar-refractivity contribution in [3.05, 3.63) is 0 Å². The molecule has 5 nitrogen and oxygen atoms in total. The van der Waals surface area contributed by atoms with Crippen LogP contribution in [-0.2, 0) is 14.3 Å². The lowest BCUT2D eigenvalue weighted by molar-refractivity contribution is -0.151. The molecule has 1 heterocycles. The smallest absolute Gasteiger partial charge is 0.310 e. The van der Waals surface area contributed by atoms with E-state index in [-0.39, 0.29) is 17.8 Å². The number of carbonyl (C=O) groups is 2. The Morgan fingerprint density at radius 3 is 2.88 bits per heavy atom. The van der Waals surface area contributed by atoms with Crippen molar-refractivity contribution >= 4 is 11.9 Å². The van der Waals surface area contributed by atoms with Gasteiger partial charge in [-0.25, -0.2) is 0 Å². The van der Waals surface area contributed by atoms with Crippen LogP contribution >= 0.6 is 0 Å². The lowest BCUT2D eigenvalue weighted by atomic mass is 9.98. The van der Waals surface area contributed by atoms with Crippen molar-refractivity contribution in [2.75, 3.05) is 33.3 Å². The fourth-order valence-corrected chi connectivity index (χ4v) is 1.92. The SMILES string of the molecule is CCOC(=O)[C@H]1CCCN(C(=O)CNC)C1. The first-order valence-corrected chi connectivity index (χ1v) is 5.78. The van der Waals surface area contributed by atoms with Crippen LogP contribution in [0.3, 0.4) is 0 Å². The highest BCUT2D eigenvalue weighted by molar-refractivity contribution is 5.80. The molecule has 1 aliphatic heterocycles. The minimum atomic E-state index is -0.176. The molecule has 1 saturated heterocycles. The van der Waals surface area contributed by atoms with Crippen LogP contribution in [0.5, 0.6) is 0 Å². The van der Waals surface area contributed by atoms with Gasteiger partial charge in [0.05, 0.1) is 19.1 Å². The number of amides is 1. The van der Waals surface area contributed by atoms with Crippen LogP contribution in [0.2, 0.25) is 0 Å². The number of esters is 1. The second-order valence-electron chi connectivity index (χ2n) is 3.96. The van der Waals surface area contributed by atoms with Crippen molar-refractivity contribution < 1.29 is 14.3 Å². The number of hydrogen-bond donors (Lipinski definition) is 1. The first-order valence-electron chi connectivity index (χ1n) is 5.78. The largest absolute Gasteiger partial charge is 0.466 e. The molecule has 16 heavy (non-hydrogen) atoms. The second-order valence-corrected chi connectivity index (χ2v) is 3.96. The summed E-state index contributed by atoms with van der Waals surface area (Å²) < 4.78 is 4.98. The highest BCUT2D eigenvalue weighted by Crippen LogP contribution is 2.17. The molecule has 0 radical (unpaired) electrons. The Morgan fingerprint density at radius 1 is 1.50 bits per heavy atom. The summed E-state index contributed by atoms with van der Waals surface area (Å²) in [6.07, 6.45) is 1.70.